The Labute approximate surface area is 89.0 Å². The van der Waals surface area contributed by atoms with Crippen molar-refractivity contribution in [1.82, 2.24) is 0 Å². The number of carboxylic acid groups (broad SMARTS) is 1. The molecule has 78 valence electrons. The summed E-state index contributed by atoms with van der Waals surface area (Å²) in [6.45, 7) is 0. The molecule has 2 aromatic rings. The minimum atomic E-state index is -1.55. The molecule has 0 radical (unpaired) electrons. The first-order valence-corrected chi connectivity index (χ1v) is 5.09. The number of fused-ring (bicyclic) bond motifs is 1. The number of aromatic hydroxyl groups is 1. The standard InChI is InChI=1S/C10H8O4S/c11-7-2-1-6(8(12)10(13)14)9-5(7)3-4-15-9/h1-4,8,11-12H,(H,13,14). The van der Waals surface area contributed by atoms with E-state index < -0.39 is 12.1 Å². The second-order valence-corrected chi connectivity index (χ2v) is 3.99. The Hall–Kier alpha value is -1.59. The number of carbonyl (C=O) groups is 1. The molecule has 0 fully saturated rings. The number of thiophene rings is 1. The van der Waals surface area contributed by atoms with E-state index in [0.717, 1.165) is 0 Å². The Kier molecular flexibility index (Phi) is 2.34. The van der Waals surface area contributed by atoms with Gasteiger partial charge < -0.3 is 15.3 Å². The van der Waals surface area contributed by atoms with Crippen molar-refractivity contribution in [2.24, 2.45) is 0 Å². The molecule has 2 rings (SSSR count). The molecule has 1 atom stereocenters. The van der Waals surface area contributed by atoms with Gasteiger partial charge in [0.25, 0.3) is 0 Å². The van der Waals surface area contributed by atoms with Crippen molar-refractivity contribution in [3.05, 3.63) is 29.1 Å². The fourth-order valence-corrected chi connectivity index (χ4v) is 2.37. The molecule has 0 bridgehead atoms. The first kappa shape index (κ1) is 9.95. The zero-order valence-electron chi connectivity index (χ0n) is 7.54. The maximum absolute atomic E-state index is 10.6. The van der Waals surface area contributed by atoms with Gasteiger partial charge in [0, 0.05) is 15.6 Å². The van der Waals surface area contributed by atoms with E-state index in [1.165, 1.54) is 23.5 Å². The van der Waals surface area contributed by atoms with Gasteiger partial charge in [0.1, 0.15) is 5.75 Å². The third-order valence-electron chi connectivity index (χ3n) is 2.15. The third-order valence-corrected chi connectivity index (χ3v) is 3.12. The predicted molar refractivity (Wildman–Crippen MR) is 56.1 cm³/mol. The summed E-state index contributed by atoms with van der Waals surface area (Å²) in [6.07, 6.45) is -1.55. The van der Waals surface area contributed by atoms with Crippen LogP contribution in [0.1, 0.15) is 11.7 Å². The summed E-state index contributed by atoms with van der Waals surface area (Å²) in [5, 5.41) is 29.9. The zero-order valence-corrected chi connectivity index (χ0v) is 8.36. The highest BCUT2D eigenvalue weighted by atomic mass is 32.1. The number of rotatable bonds is 2. The molecule has 1 unspecified atom stereocenters. The van der Waals surface area contributed by atoms with E-state index >= 15 is 0 Å². The lowest BCUT2D eigenvalue weighted by Gasteiger charge is -2.07. The molecule has 1 aromatic carbocycles. The van der Waals surface area contributed by atoms with Crippen molar-refractivity contribution in [3.8, 4) is 5.75 Å². The normalized spacial score (nSPS) is 12.9. The van der Waals surface area contributed by atoms with E-state index in [2.05, 4.69) is 0 Å². The van der Waals surface area contributed by atoms with Crippen LogP contribution in [0, 0.1) is 0 Å². The first-order valence-electron chi connectivity index (χ1n) is 4.21. The zero-order chi connectivity index (χ0) is 11.0. The molecule has 3 N–H and O–H groups in total. The Balaban J connectivity index is 2.67. The second kappa shape index (κ2) is 3.52. The number of aliphatic carboxylic acids is 1. The van der Waals surface area contributed by atoms with Crippen LogP contribution in [-0.4, -0.2) is 21.3 Å². The fraction of sp³-hybridized carbons (Fsp3) is 0.100. The average molecular weight is 224 g/mol. The van der Waals surface area contributed by atoms with Crippen molar-refractivity contribution in [2.75, 3.05) is 0 Å². The molecule has 0 spiro atoms. The van der Waals surface area contributed by atoms with E-state index in [0.29, 0.717) is 15.6 Å². The third kappa shape index (κ3) is 1.55. The van der Waals surface area contributed by atoms with E-state index in [9.17, 15) is 15.0 Å². The second-order valence-electron chi connectivity index (χ2n) is 3.08. The van der Waals surface area contributed by atoms with Crippen LogP contribution in [0.25, 0.3) is 10.1 Å². The highest BCUT2D eigenvalue weighted by molar-refractivity contribution is 7.17. The monoisotopic (exact) mass is 224 g/mol. The summed E-state index contributed by atoms with van der Waals surface area (Å²) in [5.41, 5.74) is 0.310. The molecule has 0 aliphatic heterocycles. The van der Waals surface area contributed by atoms with Crippen LogP contribution in [0.5, 0.6) is 5.75 Å². The largest absolute Gasteiger partial charge is 0.507 e. The molecule has 0 aliphatic rings. The summed E-state index contributed by atoms with van der Waals surface area (Å²) >= 11 is 1.29. The maximum atomic E-state index is 10.6. The van der Waals surface area contributed by atoms with Crippen LogP contribution >= 0.6 is 11.3 Å². The molecule has 0 saturated carbocycles. The van der Waals surface area contributed by atoms with Gasteiger partial charge in [0.2, 0.25) is 0 Å². The van der Waals surface area contributed by atoms with Gasteiger partial charge in [0.05, 0.1) is 0 Å². The van der Waals surface area contributed by atoms with E-state index in [-0.39, 0.29) is 5.75 Å². The Morgan fingerprint density at radius 3 is 2.73 bits per heavy atom. The van der Waals surface area contributed by atoms with Gasteiger partial charge in [0.15, 0.2) is 6.10 Å². The predicted octanol–water partition coefficient (Wildman–Crippen LogP) is 1.72. The number of phenolic OH excluding ortho intramolecular Hbond substituents is 1. The molecule has 1 aromatic heterocycles. The molecular weight excluding hydrogens is 216 g/mol. The van der Waals surface area contributed by atoms with Crippen molar-refractivity contribution in [2.45, 2.75) is 6.10 Å². The fourth-order valence-electron chi connectivity index (χ4n) is 1.42. The van der Waals surface area contributed by atoms with Crippen molar-refractivity contribution >= 4 is 27.4 Å². The van der Waals surface area contributed by atoms with Crippen LogP contribution in [0.2, 0.25) is 0 Å². The maximum Gasteiger partial charge on any atom is 0.337 e. The summed E-state index contributed by atoms with van der Waals surface area (Å²) < 4.78 is 0.602. The summed E-state index contributed by atoms with van der Waals surface area (Å²) in [5.74, 6) is -1.21. The topological polar surface area (TPSA) is 77.8 Å². The van der Waals surface area contributed by atoms with E-state index in [1.54, 1.807) is 11.4 Å². The number of hydrogen-bond donors (Lipinski definition) is 3. The van der Waals surface area contributed by atoms with Gasteiger partial charge in [-0.25, -0.2) is 4.79 Å². The van der Waals surface area contributed by atoms with E-state index in [1.807, 2.05) is 0 Å². The number of aliphatic hydroxyl groups is 1. The van der Waals surface area contributed by atoms with Gasteiger partial charge in [-0.2, -0.15) is 0 Å². The van der Waals surface area contributed by atoms with Crippen LogP contribution < -0.4 is 0 Å². The molecule has 4 nitrogen and oxygen atoms in total. The van der Waals surface area contributed by atoms with Gasteiger partial charge in [-0.1, -0.05) is 6.07 Å². The minimum Gasteiger partial charge on any atom is -0.507 e. The molecule has 15 heavy (non-hydrogen) atoms. The lowest BCUT2D eigenvalue weighted by atomic mass is 10.1. The van der Waals surface area contributed by atoms with Crippen molar-refractivity contribution in [3.63, 3.8) is 0 Å². The van der Waals surface area contributed by atoms with E-state index in [4.69, 9.17) is 5.11 Å². The number of hydrogen-bond acceptors (Lipinski definition) is 4. The first-order chi connectivity index (χ1) is 7.11. The SMILES string of the molecule is O=C(O)C(O)c1ccc(O)c2ccsc12. The van der Waals surface area contributed by atoms with Crippen LogP contribution in [0.3, 0.4) is 0 Å². The van der Waals surface area contributed by atoms with Gasteiger partial charge in [-0.15, -0.1) is 11.3 Å². The lowest BCUT2D eigenvalue weighted by molar-refractivity contribution is -0.146. The Bertz CT molecular complexity index is 517. The number of aliphatic hydroxyl groups excluding tert-OH is 1. The number of benzene rings is 1. The highest BCUT2D eigenvalue weighted by Crippen LogP contribution is 2.34. The smallest absolute Gasteiger partial charge is 0.337 e. The summed E-state index contributed by atoms with van der Waals surface area (Å²) in [4.78, 5) is 10.6. The van der Waals surface area contributed by atoms with Crippen LogP contribution in [0.4, 0.5) is 0 Å². The van der Waals surface area contributed by atoms with Crippen molar-refractivity contribution < 1.29 is 20.1 Å². The molecular formula is C10H8O4S. The van der Waals surface area contributed by atoms with Crippen molar-refractivity contribution in [1.29, 1.82) is 0 Å². The van der Waals surface area contributed by atoms with Gasteiger partial charge in [-0.05, 0) is 17.5 Å². The highest BCUT2D eigenvalue weighted by Gasteiger charge is 2.20. The molecule has 5 heteroatoms. The van der Waals surface area contributed by atoms with Gasteiger partial charge >= 0.3 is 5.97 Å². The lowest BCUT2D eigenvalue weighted by Crippen LogP contribution is -2.10. The molecule has 0 amide bonds. The Morgan fingerprint density at radius 2 is 2.07 bits per heavy atom. The molecule has 0 aliphatic carbocycles. The molecule has 1 heterocycles. The number of carboxylic acids is 1. The average Bonchev–Trinajstić information content (AvgIpc) is 2.66. The molecule has 0 saturated heterocycles. The summed E-state index contributed by atoms with van der Waals surface area (Å²) in [6, 6.07) is 4.50. The Morgan fingerprint density at radius 1 is 1.33 bits per heavy atom. The summed E-state index contributed by atoms with van der Waals surface area (Å²) in [7, 11) is 0. The minimum absolute atomic E-state index is 0.0904. The quantitative estimate of drug-likeness (QED) is 0.725. The van der Waals surface area contributed by atoms with Crippen LogP contribution in [-0.2, 0) is 4.79 Å². The van der Waals surface area contributed by atoms with Gasteiger partial charge in [-0.3, -0.25) is 0 Å². The number of phenols is 1. The van der Waals surface area contributed by atoms with Crippen LogP contribution in [0.15, 0.2) is 23.6 Å².